The summed E-state index contributed by atoms with van der Waals surface area (Å²) in [6.07, 6.45) is 2.20. The van der Waals surface area contributed by atoms with E-state index in [1.165, 1.54) is 0 Å². The van der Waals surface area contributed by atoms with Crippen LogP contribution in [0, 0.1) is 46.8 Å². The van der Waals surface area contributed by atoms with Crippen molar-refractivity contribution in [3.8, 4) is 0 Å². The van der Waals surface area contributed by atoms with Gasteiger partial charge in [-0.3, -0.25) is 9.35 Å². The molecule has 0 radical (unpaired) electrons. The molecule has 1 N–H and O–H groups in total. The normalized spacial score (nSPS) is 44.1. The van der Waals surface area contributed by atoms with E-state index < -0.39 is 29.1 Å². The van der Waals surface area contributed by atoms with Gasteiger partial charge in [-0.2, -0.15) is 21.6 Å². The smallest absolute Gasteiger partial charge is 0.297 e. The molecule has 0 saturated heterocycles. The monoisotopic (exact) mass is 452 g/mol. The molecular weight excluding hydrogens is 421 g/mol. The summed E-state index contributed by atoms with van der Waals surface area (Å²) in [5, 5.41) is 0. The Labute approximate surface area is 176 Å². The highest BCUT2D eigenvalue weighted by molar-refractivity contribution is 7.80. The van der Waals surface area contributed by atoms with Crippen molar-refractivity contribution in [2.75, 3.05) is 6.61 Å². The van der Waals surface area contributed by atoms with Crippen LogP contribution in [-0.2, 0) is 19.4 Å². The third kappa shape index (κ3) is 4.06. The van der Waals surface area contributed by atoms with E-state index in [-0.39, 0.29) is 35.9 Å². The first-order chi connectivity index (χ1) is 13.9. The lowest BCUT2D eigenvalue weighted by molar-refractivity contribution is -0.196. The minimum Gasteiger partial charge on any atom is -0.297 e. The number of fused-ring (bicyclic) bond motifs is 5. The molecule has 0 aromatic heterocycles. The first kappa shape index (κ1) is 22.5. The highest BCUT2D eigenvalue weighted by Crippen LogP contribution is 2.65. The summed E-state index contributed by atoms with van der Waals surface area (Å²) in [6, 6.07) is 0. The Morgan fingerprint density at radius 2 is 1.73 bits per heavy atom. The average Bonchev–Trinajstić information content (AvgIpc) is 3.01. The van der Waals surface area contributed by atoms with E-state index in [2.05, 4.69) is 11.1 Å². The van der Waals surface area contributed by atoms with Crippen LogP contribution >= 0.6 is 0 Å². The summed E-state index contributed by atoms with van der Waals surface area (Å²) < 4.78 is 74.4. The molecule has 9 heteroatoms. The topological polar surface area (TPSA) is 80.7 Å². The second kappa shape index (κ2) is 7.73. The number of carbonyl (C=O) groups is 1. The maximum Gasteiger partial charge on any atom is 0.397 e. The van der Waals surface area contributed by atoms with E-state index in [0.717, 1.165) is 32.1 Å². The van der Waals surface area contributed by atoms with Gasteiger partial charge in [0.2, 0.25) is 0 Å². The van der Waals surface area contributed by atoms with Gasteiger partial charge in [0, 0.05) is 5.92 Å². The molecule has 0 heterocycles. The largest absolute Gasteiger partial charge is 0.397 e. The number of carbonyl (C=O) groups excluding carboxylic acids is 1. The Kier molecular flexibility index (Phi) is 5.80. The number of hydrogen-bond donors (Lipinski definition) is 1. The second-order valence-corrected chi connectivity index (χ2v) is 11.4. The first-order valence-corrected chi connectivity index (χ1v) is 12.5. The number of Topliss-reactive ketones (excluding diaryl/α,β-unsaturated/α-hetero) is 1. The first-order valence-electron chi connectivity index (χ1n) is 11.1. The molecule has 4 aliphatic rings. The molecule has 4 aliphatic carbocycles. The van der Waals surface area contributed by atoms with Gasteiger partial charge in [0.25, 0.3) is 0 Å². The van der Waals surface area contributed by atoms with Crippen molar-refractivity contribution < 1.29 is 35.1 Å². The average molecular weight is 453 g/mol. The van der Waals surface area contributed by atoms with Crippen LogP contribution in [0.2, 0.25) is 0 Å². The highest BCUT2D eigenvalue weighted by Gasteiger charge is 2.59. The van der Waals surface area contributed by atoms with Crippen molar-refractivity contribution in [1.82, 2.24) is 0 Å². The van der Waals surface area contributed by atoms with Crippen molar-refractivity contribution >= 4 is 16.2 Å². The van der Waals surface area contributed by atoms with Crippen LogP contribution in [0.3, 0.4) is 0 Å². The zero-order valence-corrected chi connectivity index (χ0v) is 18.1. The maximum atomic E-state index is 13.2. The lowest BCUT2D eigenvalue weighted by Gasteiger charge is -2.56. The molecule has 172 valence electrons. The fourth-order valence-corrected chi connectivity index (χ4v) is 8.18. The summed E-state index contributed by atoms with van der Waals surface area (Å²) in [5.74, 6) is 0.0335. The molecule has 0 spiro atoms. The molecule has 0 aromatic rings. The summed E-state index contributed by atoms with van der Waals surface area (Å²) in [4.78, 5) is 12.7. The molecule has 0 aromatic carbocycles. The van der Waals surface area contributed by atoms with Crippen molar-refractivity contribution in [3.05, 3.63) is 0 Å². The summed E-state index contributed by atoms with van der Waals surface area (Å²) >= 11 is 0. The molecule has 4 rings (SSSR count). The number of hydrogen-bond acceptors (Lipinski definition) is 4. The standard InChI is InChI=1S/C21H31F3O5S/c1-20-9-8-15-14-5-3-13(21(22,23)24)10-12(14)2-4-16(15)17(20)6-7-18(20)19(25)11-29-30(26,27)28/h12-18H,2-11H2,1H3,(H,26,27,28). The minimum absolute atomic E-state index is 0.165. The van der Waals surface area contributed by atoms with Crippen LogP contribution < -0.4 is 0 Å². The summed E-state index contributed by atoms with van der Waals surface area (Å²) in [5.41, 5.74) is -0.225. The van der Waals surface area contributed by atoms with Crippen molar-refractivity contribution in [3.63, 3.8) is 0 Å². The number of rotatable bonds is 4. The minimum atomic E-state index is -4.65. The Morgan fingerprint density at radius 1 is 1.03 bits per heavy atom. The molecule has 0 bridgehead atoms. The van der Waals surface area contributed by atoms with Gasteiger partial charge >= 0.3 is 16.6 Å². The van der Waals surface area contributed by atoms with Crippen LogP contribution in [0.1, 0.15) is 64.7 Å². The number of ketones is 1. The van der Waals surface area contributed by atoms with Crippen LogP contribution in [-0.4, -0.2) is 31.5 Å². The second-order valence-electron chi connectivity index (χ2n) is 10.3. The van der Waals surface area contributed by atoms with Gasteiger partial charge in [0.05, 0.1) is 5.92 Å². The van der Waals surface area contributed by atoms with E-state index in [1.807, 2.05) is 0 Å². The van der Waals surface area contributed by atoms with Gasteiger partial charge in [0.15, 0.2) is 5.78 Å². The summed E-state index contributed by atoms with van der Waals surface area (Å²) in [6.45, 7) is 1.48. The number of alkyl halides is 3. The van der Waals surface area contributed by atoms with Crippen LogP contribution in [0.15, 0.2) is 0 Å². The predicted molar refractivity (Wildman–Crippen MR) is 103 cm³/mol. The van der Waals surface area contributed by atoms with E-state index in [1.54, 1.807) is 0 Å². The van der Waals surface area contributed by atoms with E-state index in [0.29, 0.717) is 36.5 Å². The Balaban J connectivity index is 1.45. The van der Waals surface area contributed by atoms with Gasteiger partial charge in [-0.1, -0.05) is 6.92 Å². The lowest BCUT2D eigenvalue weighted by Crippen LogP contribution is -2.50. The number of halogens is 3. The van der Waals surface area contributed by atoms with E-state index in [9.17, 15) is 26.4 Å². The fraction of sp³-hybridized carbons (Fsp3) is 0.952. The molecule has 30 heavy (non-hydrogen) atoms. The van der Waals surface area contributed by atoms with Crippen LogP contribution in [0.4, 0.5) is 13.2 Å². The molecule has 8 atom stereocenters. The molecule has 4 fully saturated rings. The molecule has 0 aliphatic heterocycles. The van der Waals surface area contributed by atoms with Crippen LogP contribution in [0.5, 0.6) is 0 Å². The Bertz CT molecular complexity index is 782. The molecule has 5 nitrogen and oxygen atoms in total. The zero-order valence-electron chi connectivity index (χ0n) is 17.2. The van der Waals surface area contributed by atoms with E-state index in [4.69, 9.17) is 4.55 Å². The maximum absolute atomic E-state index is 13.2. The molecule has 8 unspecified atom stereocenters. The van der Waals surface area contributed by atoms with Crippen LogP contribution in [0.25, 0.3) is 0 Å². The van der Waals surface area contributed by atoms with Crippen molar-refractivity contribution in [2.45, 2.75) is 70.9 Å². The Hall–Kier alpha value is -0.670. The third-order valence-electron chi connectivity index (χ3n) is 9.16. The molecule has 4 saturated carbocycles. The molecular formula is C21H31F3O5S. The van der Waals surface area contributed by atoms with E-state index >= 15 is 0 Å². The van der Waals surface area contributed by atoms with Gasteiger partial charge in [-0.25, -0.2) is 4.18 Å². The predicted octanol–water partition coefficient (Wildman–Crippen LogP) is 4.82. The quantitative estimate of drug-likeness (QED) is 0.619. The van der Waals surface area contributed by atoms with Gasteiger partial charge < -0.3 is 0 Å². The lowest BCUT2D eigenvalue weighted by atomic mass is 9.49. The SMILES string of the molecule is CC12CCC3C4CCC(C(F)(F)F)CC4CCC3C1CCC2C(=O)COS(=O)(=O)O. The highest BCUT2D eigenvalue weighted by atomic mass is 32.3. The van der Waals surface area contributed by atoms with Crippen molar-refractivity contribution in [2.24, 2.45) is 46.8 Å². The third-order valence-corrected chi connectivity index (χ3v) is 9.57. The zero-order chi connectivity index (χ0) is 21.9. The van der Waals surface area contributed by atoms with Crippen molar-refractivity contribution in [1.29, 1.82) is 0 Å². The fourth-order valence-electron chi connectivity index (χ4n) is 7.91. The Morgan fingerprint density at radius 3 is 2.40 bits per heavy atom. The van der Waals surface area contributed by atoms with Gasteiger partial charge in [-0.15, -0.1) is 0 Å². The van der Waals surface area contributed by atoms with Gasteiger partial charge in [-0.05, 0) is 92.8 Å². The van der Waals surface area contributed by atoms with Gasteiger partial charge in [0.1, 0.15) is 6.61 Å². The molecule has 0 amide bonds. The summed E-state index contributed by atoms with van der Waals surface area (Å²) in [7, 11) is -4.65.